The minimum atomic E-state index is -5.12. The Balaban J connectivity index is 3.76. The van der Waals surface area contributed by atoms with E-state index in [9.17, 15) is 35.2 Å². The third kappa shape index (κ3) is 15.8. The second-order valence-corrected chi connectivity index (χ2v) is 11.3. The Labute approximate surface area is 205 Å². The molecule has 0 aromatic heterocycles. The summed E-state index contributed by atoms with van der Waals surface area (Å²) in [5.74, 6) is -2.61. The van der Waals surface area contributed by atoms with Gasteiger partial charge in [-0.3, -0.25) is 4.57 Å². The molecule has 0 amide bonds. The Bertz CT molecular complexity index is 517. The summed E-state index contributed by atoms with van der Waals surface area (Å²) in [4.78, 5) is 17.7. The highest BCUT2D eigenvalue weighted by Crippen LogP contribution is 2.42. The molecule has 0 aliphatic rings. The molecule has 0 saturated heterocycles. The van der Waals surface area contributed by atoms with E-state index in [0.717, 1.165) is 19.3 Å². The zero-order valence-electron chi connectivity index (χ0n) is 20.9. The highest BCUT2D eigenvalue weighted by Gasteiger charge is 2.42. The standard InChI is InChI=1S/C24H51O9P/c1-2-3-4-5-6-7-8-9-10-11-12-13-14-15-16-17-18-19(25)20(26)21(27)22(28)23(29)24(30)34(31,32)33/h19-30H,2-18H2,1H3,(H2,31,32,33)/t19?,20-,21-,22+,23+,24?/m1/s1. The summed E-state index contributed by atoms with van der Waals surface area (Å²) in [6, 6.07) is 0. The predicted molar refractivity (Wildman–Crippen MR) is 132 cm³/mol. The van der Waals surface area contributed by atoms with E-state index in [1.54, 1.807) is 0 Å². The fraction of sp³-hybridized carbons (Fsp3) is 1.00. The molecule has 0 rings (SSSR count). The van der Waals surface area contributed by atoms with E-state index in [2.05, 4.69) is 6.92 Å². The molecular weight excluding hydrogens is 463 g/mol. The molecule has 0 aromatic rings. The van der Waals surface area contributed by atoms with Crippen molar-refractivity contribution in [3.8, 4) is 0 Å². The average molecular weight is 515 g/mol. The maximum Gasteiger partial charge on any atom is 0.356 e. The molecule has 6 atom stereocenters. The maximum absolute atomic E-state index is 11.0. The van der Waals surface area contributed by atoms with Crippen molar-refractivity contribution in [3.63, 3.8) is 0 Å². The van der Waals surface area contributed by atoms with Crippen molar-refractivity contribution >= 4 is 7.60 Å². The lowest BCUT2D eigenvalue weighted by molar-refractivity contribution is -0.146. The molecule has 34 heavy (non-hydrogen) atoms. The summed E-state index contributed by atoms with van der Waals surface area (Å²) in [5.41, 5.74) is 0. The molecule has 0 spiro atoms. The maximum atomic E-state index is 11.0. The van der Waals surface area contributed by atoms with Crippen LogP contribution >= 0.6 is 7.60 Å². The van der Waals surface area contributed by atoms with Gasteiger partial charge in [0.25, 0.3) is 0 Å². The molecule has 0 heterocycles. The van der Waals surface area contributed by atoms with E-state index < -0.39 is 44.0 Å². The Kier molecular flexibility index (Phi) is 20.0. The van der Waals surface area contributed by atoms with Crippen molar-refractivity contribution in [2.45, 2.75) is 152 Å². The van der Waals surface area contributed by atoms with Gasteiger partial charge in [-0.2, -0.15) is 0 Å². The van der Waals surface area contributed by atoms with Crippen LogP contribution in [0.2, 0.25) is 0 Å². The summed E-state index contributed by atoms with van der Waals surface area (Å²) in [6.07, 6.45) is 9.57. The quantitative estimate of drug-likeness (QED) is 0.0751. The van der Waals surface area contributed by atoms with Crippen LogP contribution in [0.4, 0.5) is 0 Å². The third-order valence-corrected chi connectivity index (χ3v) is 7.44. The largest absolute Gasteiger partial charge is 0.390 e. The summed E-state index contributed by atoms with van der Waals surface area (Å²) in [6.45, 7) is 2.24. The van der Waals surface area contributed by atoms with Crippen LogP contribution in [0.1, 0.15) is 116 Å². The van der Waals surface area contributed by atoms with Crippen LogP contribution in [0.25, 0.3) is 0 Å². The monoisotopic (exact) mass is 514 g/mol. The number of hydrogen-bond acceptors (Lipinski definition) is 7. The van der Waals surface area contributed by atoms with E-state index in [-0.39, 0.29) is 6.42 Å². The van der Waals surface area contributed by atoms with Crippen LogP contribution in [-0.2, 0) is 4.57 Å². The van der Waals surface area contributed by atoms with Crippen molar-refractivity contribution in [2.24, 2.45) is 0 Å². The second-order valence-electron chi connectivity index (χ2n) is 9.62. The molecule has 0 aliphatic carbocycles. The number of unbranched alkanes of at least 4 members (excludes halogenated alkanes) is 15. The van der Waals surface area contributed by atoms with Crippen LogP contribution in [0.3, 0.4) is 0 Å². The van der Waals surface area contributed by atoms with E-state index in [1.165, 1.54) is 77.0 Å². The first kappa shape index (κ1) is 33.9. The minimum absolute atomic E-state index is 0.167. The van der Waals surface area contributed by atoms with E-state index in [1.807, 2.05) is 0 Å². The van der Waals surface area contributed by atoms with Gasteiger partial charge in [0.1, 0.15) is 24.4 Å². The zero-order chi connectivity index (χ0) is 26.0. The lowest BCUT2D eigenvalue weighted by Crippen LogP contribution is -2.52. The SMILES string of the molecule is CCCCCCCCCCCCCCCCCCC(O)[C@@H](O)[C@@H](O)[C@H](O)[C@H](O)C(O)P(=O)(O)O. The van der Waals surface area contributed by atoms with Gasteiger partial charge in [-0.05, 0) is 6.42 Å². The summed E-state index contributed by atoms with van der Waals surface area (Å²) in [5, 5.41) is 58.6. The molecule has 0 saturated carbocycles. The fourth-order valence-electron chi connectivity index (χ4n) is 4.08. The lowest BCUT2D eigenvalue weighted by Gasteiger charge is -2.31. The van der Waals surface area contributed by atoms with E-state index in [4.69, 9.17) is 9.79 Å². The van der Waals surface area contributed by atoms with E-state index >= 15 is 0 Å². The number of rotatable bonds is 23. The molecule has 9 nitrogen and oxygen atoms in total. The van der Waals surface area contributed by atoms with Crippen molar-refractivity contribution in [1.29, 1.82) is 0 Å². The fourth-order valence-corrected chi connectivity index (χ4v) is 4.65. The third-order valence-electron chi connectivity index (χ3n) is 6.45. The van der Waals surface area contributed by atoms with Crippen LogP contribution in [0.15, 0.2) is 0 Å². The van der Waals surface area contributed by atoms with Gasteiger partial charge in [0.05, 0.1) is 6.10 Å². The Morgan fingerprint density at radius 3 is 1.18 bits per heavy atom. The molecule has 0 aromatic carbocycles. The van der Waals surface area contributed by atoms with Gasteiger partial charge >= 0.3 is 7.60 Å². The highest BCUT2D eigenvalue weighted by atomic mass is 31.2. The van der Waals surface area contributed by atoms with Crippen LogP contribution in [0, 0.1) is 0 Å². The van der Waals surface area contributed by atoms with Crippen molar-refractivity contribution in [3.05, 3.63) is 0 Å². The first-order valence-corrected chi connectivity index (χ1v) is 14.9. The van der Waals surface area contributed by atoms with Gasteiger partial charge in [-0.15, -0.1) is 0 Å². The second kappa shape index (κ2) is 20.0. The van der Waals surface area contributed by atoms with Gasteiger partial charge in [-0.25, -0.2) is 0 Å². The molecule has 206 valence electrons. The number of aliphatic hydroxyl groups excluding tert-OH is 6. The molecule has 0 fully saturated rings. The van der Waals surface area contributed by atoms with Gasteiger partial charge in [0, 0.05) is 0 Å². The molecule has 0 radical (unpaired) electrons. The zero-order valence-corrected chi connectivity index (χ0v) is 21.8. The van der Waals surface area contributed by atoms with Gasteiger partial charge in [0.2, 0.25) is 0 Å². The van der Waals surface area contributed by atoms with Crippen LogP contribution < -0.4 is 0 Å². The highest BCUT2D eigenvalue weighted by molar-refractivity contribution is 7.52. The average Bonchev–Trinajstić information content (AvgIpc) is 2.80. The van der Waals surface area contributed by atoms with Crippen LogP contribution in [0.5, 0.6) is 0 Å². The van der Waals surface area contributed by atoms with Crippen molar-refractivity contribution in [2.75, 3.05) is 0 Å². The smallest absolute Gasteiger partial charge is 0.356 e. The number of aliphatic hydroxyl groups is 6. The van der Waals surface area contributed by atoms with Crippen molar-refractivity contribution in [1.82, 2.24) is 0 Å². The molecule has 0 bridgehead atoms. The molecule has 2 unspecified atom stereocenters. The molecule has 8 N–H and O–H groups in total. The Hall–Kier alpha value is -0.0900. The topological polar surface area (TPSA) is 179 Å². The van der Waals surface area contributed by atoms with Gasteiger partial charge in [-0.1, -0.05) is 110 Å². The Morgan fingerprint density at radius 2 is 0.824 bits per heavy atom. The minimum Gasteiger partial charge on any atom is -0.390 e. The predicted octanol–water partition coefficient (Wildman–Crippen LogP) is 2.94. The van der Waals surface area contributed by atoms with Crippen LogP contribution in [-0.4, -0.2) is 76.8 Å². The van der Waals surface area contributed by atoms with Gasteiger partial charge < -0.3 is 40.4 Å². The first-order valence-electron chi connectivity index (χ1n) is 13.2. The van der Waals surface area contributed by atoms with E-state index in [0.29, 0.717) is 6.42 Å². The summed E-state index contributed by atoms with van der Waals surface area (Å²) < 4.78 is 11.0. The first-order chi connectivity index (χ1) is 16.0. The number of hydrogen-bond donors (Lipinski definition) is 8. The normalized spacial score (nSPS) is 17.8. The summed E-state index contributed by atoms with van der Waals surface area (Å²) in [7, 11) is -5.12. The lowest BCUT2D eigenvalue weighted by atomic mass is 9.96. The van der Waals surface area contributed by atoms with Crippen molar-refractivity contribution < 1.29 is 45.0 Å². The van der Waals surface area contributed by atoms with Gasteiger partial charge in [0.15, 0.2) is 5.85 Å². The molecular formula is C24H51O9P. The molecule has 0 aliphatic heterocycles. The molecule has 10 heteroatoms. The Morgan fingerprint density at radius 1 is 0.500 bits per heavy atom. The summed E-state index contributed by atoms with van der Waals surface area (Å²) >= 11 is 0.